The Kier molecular flexibility index (Phi) is 6.38. The Labute approximate surface area is 156 Å². The van der Waals surface area contributed by atoms with Crippen LogP contribution in [0.2, 0.25) is 0 Å². The lowest BCUT2D eigenvalue weighted by molar-refractivity contribution is -0.141. The molecular weight excluding hydrogens is 359 g/mol. The summed E-state index contributed by atoms with van der Waals surface area (Å²) in [4.78, 5) is 3.72. The Morgan fingerprint density at radius 3 is 2.85 bits per heavy atom. The fraction of sp³-hybridized carbons (Fsp3) is 0.526. The first kappa shape index (κ1) is 19.7. The fourth-order valence-corrected chi connectivity index (χ4v) is 3.25. The highest BCUT2D eigenvalue weighted by molar-refractivity contribution is 5.33. The molecule has 0 spiro atoms. The summed E-state index contributed by atoms with van der Waals surface area (Å²) in [6, 6.07) is 7.80. The molecule has 27 heavy (non-hydrogen) atoms. The third-order valence-corrected chi connectivity index (χ3v) is 4.65. The minimum absolute atomic E-state index is 0.273. The van der Waals surface area contributed by atoms with Gasteiger partial charge in [0.15, 0.2) is 5.69 Å². The quantitative estimate of drug-likeness (QED) is 0.711. The Balaban J connectivity index is 1.51. The van der Waals surface area contributed by atoms with Crippen molar-refractivity contribution in [3.8, 4) is 5.75 Å². The molecule has 0 bridgehead atoms. The van der Waals surface area contributed by atoms with Crippen LogP contribution in [0, 0.1) is 5.92 Å². The molecule has 5 nitrogen and oxygen atoms in total. The summed E-state index contributed by atoms with van der Waals surface area (Å²) in [6.07, 6.45) is -1.86. The van der Waals surface area contributed by atoms with Crippen LogP contribution in [0.25, 0.3) is 0 Å². The standard InChI is InChI=1S/C19H24F3N3O2/c1-26-8-9-27-16-5-3-2-4-15(16)11-23-10-14-6-7-18-24-17(19(20,21)22)13-25(18)12-14/h2-5,13-14,23H,6-12H2,1H3/t14-/m0/s1. The van der Waals surface area contributed by atoms with E-state index in [2.05, 4.69) is 10.3 Å². The molecule has 148 valence electrons. The van der Waals surface area contributed by atoms with E-state index in [1.807, 2.05) is 24.3 Å². The first-order valence-corrected chi connectivity index (χ1v) is 9.01. The van der Waals surface area contributed by atoms with Gasteiger partial charge in [-0.15, -0.1) is 0 Å². The van der Waals surface area contributed by atoms with Gasteiger partial charge in [-0.3, -0.25) is 0 Å². The van der Waals surface area contributed by atoms with Crippen molar-refractivity contribution < 1.29 is 22.6 Å². The van der Waals surface area contributed by atoms with Gasteiger partial charge in [0, 0.05) is 38.4 Å². The predicted octanol–water partition coefficient (Wildman–Crippen LogP) is 3.28. The zero-order valence-corrected chi connectivity index (χ0v) is 15.3. The van der Waals surface area contributed by atoms with E-state index >= 15 is 0 Å². The highest BCUT2D eigenvalue weighted by atomic mass is 19.4. The second-order valence-electron chi connectivity index (χ2n) is 6.68. The van der Waals surface area contributed by atoms with Crippen molar-refractivity contribution in [2.45, 2.75) is 32.1 Å². The van der Waals surface area contributed by atoms with Gasteiger partial charge in [0.05, 0.1) is 6.61 Å². The Morgan fingerprint density at radius 1 is 1.26 bits per heavy atom. The molecule has 3 rings (SSSR count). The molecule has 0 aliphatic carbocycles. The van der Waals surface area contributed by atoms with Gasteiger partial charge in [0.2, 0.25) is 0 Å². The number of methoxy groups -OCH3 is 1. The molecule has 0 saturated carbocycles. The van der Waals surface area contributed by atoms with E-state index in [-0.39, 0.29) is 5.92 Å². The maximum absolute atomic E-state index is 12.8. The maximum atomic E-state index is 12.8. The van der Waals surface area contributed by atoms with E-state index < -0.39 is 11.9 Å². The van der Waals surface area contributed by atoms with E-state index in [0.717, 1.165) is 30.5 Å². The van der Waals surface area contributed by atoms with Gasteiger partial charge >= 0.3 is 6.18 Å². The smallest absolute Gasteiger partial charge is 0.434 e. The van der Waals surface area contributed by atoms with Gasteiger partial charge in [-0.05, 0) is 24.9 Å². The Hall–Kier alpha value is -2.06. The van der Waals surface area contributed by atoms with Gasteiger partial charge < -0.3 is 19.4 Å². The second-order valence-corrected chi connectivity index (χ2v) is 6.68. The van der Waals surface area contributed by atoms with Crippen LogP contribution in [0.3, 0.4) is 0 Å². The molecule has 1 aliphatic rings. The van der Waals surface area contributed by atoms with Crippen molar-refractivity contribution in [3.63, 3.8) is 0 Å². The molecule has 1 aliphatic heterocycles. The molecule has 8 heteroatoms. The van der Waals surface area contributed by atoms with Crippen LogP contribution in [0.1, 0.15) is 23.5 Å². The van der Waals surface area contributed by atoms with Crippen molar-refractivity contribution in [1.29, 1.82) is 0 Å². The average molecular weight is 383 g/mol. The van der Waals surface area contributed by atoms with E-state index in [9.17, 15) is 13.2 Å². The third kappa shape index (κ3) is 5.23. The SMILES string of the molecule is COCCOc1ccccc1CNC[C@@H]1CCc2nc(C(F)(F)F)cn2C1. The molecular formula is C19H24F3N3O2. The minimum atomic E-state index is -4.38. The summed E-state index contributed by atoms with van der Waals surface area (Å²) in [5.74, 6) is 1.61. The number of nitrogens with zero attached hydrogens (tertiary/aromatic N) is 2. The summed E-state index contributed by atoms with van der Waals surface area (Å²) in [6.45, 7) is 2.94. The van der Waals surface area contributed by atoms with E-state index in [4.69, 9.17) is 9.47 Å². The van der Waals surface area contributed by atoms with Crippen molar-refractivity contribution in [3.05, 3.63) is 47.5 Å². The van der Waals surface area contributed by atoms with Gasteiger partial charge in [-0.1, -0.05) is 18.2 Å². The van der Waals surface area contributed by atoms with Crippen LogP contribution < -0.4 is 10.1 Å². The molecule has 1 aromatic carbocycles. The number of nitrogens with one attached hydrogen (secondary N) is 1. The van der Waals surface area contributed by atoms with Gasteiger partial charge in [-0.2, -0.15) is 13.2 Å². The van der Waals surface area contributed by atoms with Crippen LogP contribution in [0.15, 0.2) is 30.5 Å². The summed E-state index contributed by atoms with van der Waals surface area (Å²) in [5.41, 5.74) is 0.250. The van der Waals surface area contributed by atoms with Crippen molar-refractivity contribution >= 4 is 0 Å². The summed E-state index contributed by atoms with van der Waals surface area (Å²) >= 11 is 0. The molecule has 1 N–H and O–H groups in total. The number of fused-ring (bicyclic) bond motifs is 1. The summed E-state index contributed by atoms with van der Waals surface area (Å²) < 4.78 is 50.8. The number of para-hydroxylation sites is 1. The Bertz CT molecular complexity index is 746. The van der Waals surface area contributed by atoms with Crippen LogP contribution in [0.4, 0.5) is 13.2 Å². The van der Waals surface area contributed by atoms with Crippen LogP contribution in [-0.2, 0) is 30.4 Å². The normalized spacial score (nSPS) is 17.0. The van der Waals surface area contributed by atoms with Crippen molar-refractivity contribution in [1.82, 2.24) is 14.9 Å². The highest BCUT2D eigenvalue weighted by Gasteiger charge is 2.35. The fourth-order valence-electron chi connectivity index (χ4n) is 3.25. The molecule has 0 amide bonds. The van der Waals surface area contributed by atoms with Gasteiger partial charge in [0.1, 0.15) is 18.2 Å². The Morgan fingerprint density at radius 2 is 2.07 bits per heavy atom. The third-order valence-electron chi connectivity index (χ3n) is 4.65. The number of aryl methyl sites for hydroxylation is 1. The van der Waals surface area contributed by atoms with Gasteiger partial charge in [-0.25, -0.2) is 4.98 Å². The zero-order chi connectivity index (χ0) is 19.3. The highest BCUT2D eigenvalue weighted by Crippen LogP contribution is 2.30. The lowest BCUT2D eigenvalue weighted by atomic mass is 9.99. The van der Waals surface area contributed by atoms with Crippen molar-refractivity contribution in [2.75, 3.05) is 26.9 Å². The first-order chi connectivity index (χ1) is 13.0. The van der Waals surface area contributed by atoms with Crippen LogP contribution >= 0.6 is 0 Å². The molecule has 0 fully saturated rings. The van der Waals surface area contributed by atoms with Crippen LogP contribution in [-0.4, -0.2) is 36.4 Å². The first-order valence-electron chi connectivity index (χ1n) is 9.01. The molecule has 2 aromatic rings. The molecule has 1 aromatic heterocycles. The summed E-state index contributed by atoms with van der Waals surface area (Å²) in [7, 11) is 1.63. The maximum Gasteiger partial charge on any atom is 0.434 e. The zero-order valence-electron chi connectivity index (χ0n) is 15.3. The second kappa shape index (κ2) is 8.75. The molecule has 0 radical (unpaired) electrons. The monoisotopic (exact) mass is 383 g/mol. The number of ether oxygens (including phenoxy) is 2. The minimum Gasteiger partial charge on any atom is -0.491 e. The lowest BCUT2D eigenvalue weighted by Gasteiger charge is -2.24. The largest absolute Gasteiger partial charge is 0.491 e. The number of hydrogen-bond acceptors (Lipinski definition) is 4. The molecule has 0 saturated heterocycles. The molecule has 1 atom stereocenters. The van der Waals surface area contributed by atoms with Gasteiger partial charge in [0.25, 0.3) is 0 Å². The number of rotatable bonds is 8. The van der Waals surface area contributed by atoms with E-state index in [0.29, 0.717) is 38.5 Å². The average Bonchev–Trinajstić information content (AvgIpc) is 3.07. The topological polar surface area (TPSA) is 48.3 Å². The predicted molar refractivity (Wildman–Crippen MR) is 94.6 cm³/mol. The van der Waals surface area contributed by atoms with E-state index in [1.54, 1.807) is 11.7 Å². The number of halogens is 3. The van der Waals surface area contributed by atoms with Crippen molar-refractivity contribution in [2.24, 2.45) is 5.92 Å². The molecule has 0 unspecified atom stereocenters. The lowest BCUT2D eigenvalue weighted by Crippen LogP contribution is -2.29. The van der Waals surface area contributed by atoms with E-state index in [1.165, 1.54) is 0 Å². The number of aromatic nitrogens is 2. The molecule has 2 heterocycles. The number of benzene rings is 1. The number of hydrogen-bond donors (Lipinski definition) is 1. The summed E-state index contributed by atoms with van der Waals surface area (Å²) in [5, 5.41) is 3.40. The number of alkyl halides is 3. The van der Waals surface area contributed by atoms with Crippen LogP contribution in [0.5, 0.6) is 5.75 Å². The number of imidazole rings is 1.